The zero-order valence-corrected chi connectivity index (χ0v) is 13.7. The van der Waals surface area contributed by atoms with Crippen LogP contribution in [-0.2, 0) is 5.41 Å². The van der Waals surface area contributed by atoms with Crippen LogP contribution >= 0.6 is 0 Å². The number of rotatable bonds is 4. The van der Waals surface area contributed by atoms with Crippen LogP contribution < -0.4 is 16.2 Å². The number of hydrogen-bond acceptors (Lipinski definition) is 3. The number of nitrogens with one attached hydrogen (secondary N) is 3. The van der Waals surface area contributed by atoms with E-state index in [9.17, 15) is 22.4 Å². The van der Waals surface area contributed by atoms with E-state index in [1.54, 1.807) is 0 Å². The lowest BCUT2D eigenvalue weighted by atomic mass is 9.70. The molecule has 2 aliphatic rings. The summed E-state index contributed by atoms with van der Waals surface area (Å²) < 4.78 is 57.2. The second kappa shape index (κ2) is 5.84. The fourth-order valence-electron chi connectivity index (χ4n) is 3.60. The molecule has 0 spiro atoms. The Morgan fingerprint density at radius 1 is 1.19 bits per heavy atom. The fourth-order valence-corrected chi connectivity index (χ4v) is 3.60. The lowest BCUT2D eigenvalue weighted by Gasteiger charge is -2.42. The van der Waals surface area contributed by atoms with Crippen LogP contribution in [0.3, 0.4) is 0 Å². The molecule has 1 fully saturated rings. The number of H-pyrrole nitrogens is 1. The van der Waals surface area contributed by atoms with Crippen LogP contribution in [0.25, 0.3) is 0 Å². The van der Waals surface area contributed by atoms with Gasteiger partial charge in [0.1, 0.15) is 16.9 Å². The summed E-state index contributed by atoms with van der Waals surface area (Å²) in [5, 5.41) is 5.64. The number of hydrogen-bond donors (Lipinski definition) is 3. The van der Waals surface area contributed by atoms with Crippen molar-refractivity contribution in [3.63, 3.8) is 0 Å². The highest BCUT2D eigenvalue weighted by molar-refractivity contribution is 5.76. The maximum Gasteiger partial charge on any atom is 0.403 e. The number of aromatic amines is 1. The highest BCUT2D eigenvalue weighted by Gasteiger charge is 2.60. The Morgan fingerprint density at radius 2 is 1.96 bits per heavy atom. The van der Waals surface area contributed by atoms with Crippen LogP contribution in [0.1, 0.15) is 24.0 Å². The van der Waals surface area contributed by atoms with Crippen molar-refractivity contribution < 1.29 is 17.6 Å². The van der Waals surface area contributed by atoms with Crippen LogP contribution in [-0.4, -0.2) is 24.2 Å². The van der Waals surface area contributed by atoms with Gasteiger partial charge in [-0.15, -0.1) is 0 Å². The topological polar surface area (TPSA) is 56.9 Å². The smallest absolute Gasteiger partial charge is 0.351 e. The molecule has 4 nitrogen and oxygen atoms in total. The molecular weight excluding hydrogens is 350 g/mol. The van der Waals surface area contributed by atoms with Gasteiger partial charge in [0.15, 0.2) is 0 Å². The lowest BCUT2D eigenvalue weighted by molar-refractivity contribution is -0.177. The second-order valence-electron chi connectivity index (χ2n) is 6.89. The molecule has 3 N–H and O–H groups in total. The number of halogens is 4. The van der Waals surface area contributed by atoms with Crippen LogP contribution in [0.2, 0.25) is 0 Å². The van der Waals surface area contributed by atoms with Crippen molar-refractivity contribution in [3.05, 3.63) is 57.8 Å². The van der Waals surface area contributed by atoms with E-state index in [1.165, 1.54) is 18.3 Å². The quantitative estimate of drug-likeness (QED) is 0.726. The van der Waals surface area contributed by atoms with Gasteiger partial charge < -0.3 is 15.6 Å². The molecule has 1 aliphatic carbocycles. The summed E-state index contributed by atoms with van der Waals surface area (Å²) in [7, 11) is 0. The van der Waals surface area contributed by atoms with Gasteiger partial charge in [-0.3, -0.25) is 4.79 Å². The highest BCUT2D eigenvalue weighted by Crippen LogP contribution is 2.53. The van der Waals surface area contributed by atoms with E-state index in [-0.39, 0.29) is 22.5 Å². The Balaban J connectivity index is 1.93. The molecule has 2 heterocycles. The standard InChI is InChI=1S/C18H17F4N3O/c19-11-3-4-14-13(7-11)17(18(20,21)22,9-23-8-10-1-2-10)12-5-6-24-16(26)15(12)25-14/h3-7,10,23,25H,1-2,8-9H2,(H,24,26). The summed E-state index contributed by atoms with van der Waals surface area (Å²) in [6.45, 7) is 0.00994. The van der Waals surface area contributed by atoms with Gasteiger partial charge in [-0.05, 0) is 55.1 Å². The number of anilines is 2. The minimum absolute atomic E-state index is 0.0844. The average molecular weight is 367 g/mol. The SMILES string of the molecule is O=c1[nH]ccc2c1Nc1ccc(F)cc1C2(CNCC1CC1)C(F)(F)F. The predicted molar refractivity (Wildman–Crippen MR) is 89.2 cm³/mol. The number of alkyl halides is 3. The summed E-state index contributed by atoms with van der Waals surface area (Å²) in [4.78, 5) is 14.6. The maximum absolute atomic E-state index is 14.5. The van der Waals surface area contributed by atoms with Crippen molar-refractivity contribution in [1.82, 2.24) is 10.3 Å². The molecule has 1 saturated carbocycles. The Hall–Kier alpha value is -2.35. The number of fused-ring (bicyclic) bond motifs is 2. The van der Waals surface area contributed by atoms with Crippen molar-refractivity contribution in [2.24, 2.45) is 5.92 Å². The van der Waals surface area contributed by atoms with Crippen molar-refractivity contribution in [3.8, 4) is 0 Å². The van der Waals surface area contributed by atoms with Gasteiger partial charge in [0, 0.05) is 24.0 Å². The normalized spacial score (nSPS) is 21.7. The van der Waals surface area contributed by atoms with Crippen molar-refractivity contribution in [2.75, 3.05) is 18.4 Å². The van der Waals surface area contributed by atoms with Crippen LogP contribution in [0, 0.1) is 11.7 Å². The average Bonchev–Trinajstić information content (AvgIpc) is 3.38. The molecule has 0 radical (unpaired) electrons. The molecule has 1 aromatic heterocycles. The van der Waals surface area contributed by atoms with Gasteiger partial charge in [-0.1, -0.05) is 0 Å². The summed E-state index contributed by atoms with van der Waals surface area (Å²) in [6, 6.07) is 4.46. The second-order valence-corrected chi connectivity index (χ2v) is 6.89. The fraction of sp³-hybridized carbons (Fsp3) is 0.389. The monoisotopic (exact) mass is 367 g/mol. The molecule has 8 heteroatoms. The van der Waals surface area contributed by atoms with E-state index < -0.39 is 29.5 Å². The first-order valence-corrected chi connectivity index (χ1v) is 8.39. The molecule has 1 aromatic carbocycles. The van der Waals surface area contributed by atoms with E-state index >= 15 is 0 Å². The number of benzene rings is 1. The maximum atomic E-state index is 14.5. The Labute approximate surface area is 146 Å². The van der Waals surface area contributed by atoms with Gasteiger partial charge in [0.25, 0.3) is 5.56 Å². The van der Waals surface area contributed by atoms with E-state index in [1.807, 2.05) is 0 Å². The van der Waals surface area contributed by atoms with E-state index in [2.05, 4.69) is 15.6 Å². The molecule has 26 heavy (non-hydrogen) atoms. The molecule has 1 aliphatic heterocycles. The van der Waals surface area contributed by atoms with Crippen LogP contribution in [0.5, 0.6) is 0 Å². The van der Waals surface area contributed by atoms with Crippen molar-refractivity contribution >= 4 is 11.4 Å². The molecule has 0 amide bonds. The summed E-state index contributed by atoms with van der Waals surface area (Å²) in [5.74, 6) is -0.373. The first kappa shape index (κ1) is 17.1. The predicted octanol–water partition coefficient (Wildman–Crippen LogP) is 3.42. The zero-order chi connectivity index (χ0) is 18.5. The molecule has 0 saturated heterocycles. The van der Waals surface area contributed by atoms with Gasteiger partial charge in [0.05, 0.1) is 0 Å². The summed E-state index contributed by atoms with van der Waals surface area (Å²) >= 11 is 0. The van der Waals surface area contributed by atoms with E-state index in [0.29, 0.717) is 12.5 Å². The number of pyridine rings is 1. The largest absolute Gasteiger partial charge is 0.403 e. The molecule has 1 unspecified atom stereocenters. The van der Waals surface area contributed by atoms with Crippen LogP contribution in [0.4, 0.5) is 28.9 Å². The minimum atomic E-state index is -4.73. The number of aromatic nitrogens is 1. The van der Waals surface area contributed by atoms with Crippen molar-refractivity contribution in [2.45, 2.75) is 24.4 Å². The van der Waals surface area contributed by atoms with Gasteiger partial charge >= 0.3 is 6.18 Å². The van der Waals surface area contributed by atoms with Gasteiger partial charge in [0.2, 0.25) is 0 Å². The Morgan fingerprint density at radius 3 is 2.65 bits per heavy atom. The van der Waals surface area contributed by atoms with E-state index in [0.717, 1.165) is 25.0 Å². The molecule has 2 aromatic rings. The van der Waals surface area contributed by atoms with Gasteiger partial charge in [-0.25, -0.2) is 4.39 Å². The van der Waals surface area contributed by atoms with Gasteiger partial charge in [-0.2, -0.15) is 13.2 Å². The molecule has 1 atom stereocenters. The Kier molecular flexibility index (Phi) is 3.83. The molecule has 138 valence electrons. The van der Waals surface area contributed by atoms with E-state index in [4.69, 9.17) is 0 Å². The first-order valence-electron chi connectivity index (χ1n) is 8.39. The summed E-state index contributed by atoms with van der Waals surface area (Å²) in [5.41, 5.74) is -3.64. The third kappa shape index (κ3) is 2.59. The summed E-state index contributed by atoms with van der Waals surface area (Å²) in [6.07, 6.45) is -1.55. The third-order valence-corrected chi connectivity index (χ3v) is 5.13. The first-order chi connectivity index (χ1) is 12.3. The molecule has 4 rings (SSSR count). The highest BCUT2D eigenvalue weighted by atomic mass is 19.4. The molecular formula is C18H17F4N3O. The van der Waals surface area contributed by atoms with Crippen molar-refractivity contribution in [1.29, 1.82) is 0 Å². The minimum Gasteiger partial charge on any atom is -0.351 e. The Bertz CT molecular complexity index is 904. The third-order valence-electron chi connectivity index (χ3n) is 5.13. The van der Waals surface area contributed by atoms with Crippen LogP contribution in [0.15, 0.2) is 35.3 Å². The zero-order valence-electron chi connectivity index (χ0n) is 13.7. The lowest BCUT2D eigenvalue weighted by Crippen LogP contribution is -2.53. The molecule has 0 bridgehead atoms.